The number of rotatable bonds is 53. The van der Waals surface area contributed by atoms with E-state index in [0.29, 0.717) is 73.1 Å². The highest BCUT2D eigenvalue weighted by molar-refractivity contribution is 8.77. The number of benzene rings is 2. The second-order valence-electron chi connectivity index (χ2n) is 30.4. The lowest BCUT2D eigenvalue weighted by Crippen LogP contribution is -2.59. The number of carboxylic acid groups (broad SMARTS) is 5. The molecule has 0 bridgehead atoms. The molecule has 38 nitrogen and oxygen atoms in total. The zero-order valence-corrected chi connectivity index (χ0v) is 71.8. The molecule has 1 aromatic heterocycles. The van der Waals surface area contributed by atoms with Crippen molar-refractivity contribution in [3.8, 4) is 5.75 Å². The topological polar surface area (TPSA) is 565 Å². The zero-order valence-electron chi connectivity index (χ0n) is 69.4. The van der Waals surface area contributed by atoms with Gasteiger partial charge in [-0.05, 0) is 146 Å². The van der Waals surface area contributed by atoms with Crippen molar-refractivity contribution in [1.29, 1.82) is 0 Å². The van der Waals surface area contributed by atoms with Crippen LogP contribution in [0, 0.1) is 17.8 Å². The van der Waals surface area contributed by atoms with E-state index < -0.39 is 156 Å². The summed E-state index contributed by atoms with van der Waals surface area (Å²) >= 11 is 1.23. The number of piperidine rings is 1. The maximum absolute atomic E-state index is 14.8. The number of esters is 1. The number of phenols is 1. The second-order valence-corrected chi connectivity index (χ2v) is 34.4. The van der Waals surface area contributed by atoms with Crippen LogP contribution < -0.4 is 58.7 Å². The third kappa shape index (κ3) is 37.8. The van der Waals surface area contributed by atoms with E-state index in [0.717, 1.165) is 41.0 Å². The van der Waals surface area contributed by atoms with Gasteiger partial charge >= 0.3 is 54.0 Å². The van der Waals surface area contributed by atoms with Crippen LogP contribution in [0.5, 0.6) is 5.75 Å². The van der Waals surface area contributed by atoms with E-state index in [2.05, 4.69) is 63.7 Å². The van der Waals surface area contributed by atoms with Crippen molar-refractivity contribution in [3.63, 3.8) is 0 Å². The number of carbonyl (C=O) groups excluding carboxylic acids is 11. The molecule has 1 unspecified atom stereocenters. The predicted octanol–water partition coefficient (Wildman–Crippen LogP) is 5.33. The van der Waals surface area contributed by atoms with Gasteiger partial charge in [0.1, 0.15) is 48.3 Å². The van der Waals surface area contributed by atoms with Crippen LogP contribution in [0.1, 0.15) is 197 Å². The van der Waals surface area contributed by atoms with E-state index in [9.17, 15) is 102 Å². The fraction of sp³-hybridized carbons (Fsp3) is 0.608. The van der Waals surface area contributed by atoms with Gasteiger partial charge in [0.05, 0.1) is 35.1 Å². The standard InChI is InChI=1S/C79H118N14O24S3/c1-11-18-65(102)117-44-93(73(108)66(46(5)12-2)88-72(107)59-21-14-16-34-92(59)10)58(45(3)4)31-32-61-85-57(43-118-61)71(106)83-52(38-49-27-29-53(94)30-28-49)37-47(6)68(103)90-91-78(115)116-35-36-119-120-79(8,9)67(75(111)112)89-70(105)56(41-64(100)101)86-69(104)55(40-63(98)99)84-60(95)39-50-23-25-51(26-24-50)42-81-76(113)80-33-15-13-19-48(7)82-77(114)87-54(74(109)110)20-17-22-62(96)97/h23-30,43,45-48,52,54-56,58-59,66-67,94H,11-22,31-42,44H2,1-10H3,(H,83,106)(H,84,95)(H,86,104)(H,88,107)(H,89,105)(H,90,103)(H,91,115)(H,96,97)(H,98,99)(H,100,101)(H,109,110)(H,111,112)(H2,80,81,113)(H2,82,87,114)/t46?,47-,48+,52+,54-,55+,56+,58+,59+,66-,67-/m0/s1. The molecule has 1 aliphatic rings. The highest BCUT2D eigenvalue weighted by Gasteiger charge is 2.42. The average molecular weight is 1740 g/mol. The molecule has 0 aliphatic carbocycles. The molecule has 0 radical (unpaired) electrons. The first-order valence-electron chi connectivity index (χ1n) is 39.9. The minimum absolute atomic E-state index is 0.00330. The Morgan fingerprint density at radius 2 is 1.32 bits per heavy atom. The van der Waals surface area contributed by atoms with Gasteiger partial charge in [-0.15, -0.1) is 11.3 Å². The number of hydrazine groups is 1. The van der Waals surface area contributed by atoms with Crippen LogP contribution in [0.3, 0.4) is 0 Å². The van der Waals surface area contributed by atoms with Gasteiger partial charge in [-0.3, -0.25) is 63.1 Å². The normalized spacial score (nSPS) is 15.2. The summed E-state index contributed by atoms with van der Waals surface area (Å²) in [6.45, 7) is 16.2. The lowest BCUT2D eigenvalue weighted by molar-refractivity contribution is -0.159. The van der Waals surface area contributed by atoms with E-state index in [1.54, 1.807) is 43.5 Å². The Morgan fingerprint density at radius 3 is 1.93 bits per heavy atom. The molecule has 0 saturated carbocycles. The van der Waals surface area contributed by atoms with Gasteiger partial charge in [0, 0.05) is 67.5 Å². The number of aromatic hydroxyl groups is 1. The quantitative estimate of drug-likeness (QED) is 0.0112. The Morgan fingerprint density at radius 1 is 0.667 bits per heavy atom. The number of aryl methyl sites for hydroxylation is 1. The maximum atomic E-state index is 14.8. The molecule has 17 N–H and O–H groups in total. The number of thiazole rings is 1. The number of aromatic nitrogens is 1. The fourth-order valence-corrected chi connectivity index (χ4v) is 16.0. The van der Waals surface area contributed by atoms with Crippen LogP contribution in [-0.2, 0) is 92.8 Å². The molecule has 11 atom stereocenters. The smallest absolute Gasteiger partial charge is 0.426 e. The molecular formula is C79H118N14O24S3. The third-order valence-corrected chi connectivity index (χ3v) is 23.9. The first kappa shape index (κ1) is 102. The zero-order chi connectivity index (χ0) is 89.3. The van der Waals surface area contributed by atoms with Gasteiger partial charge in [0.15, 0.2) is 6.73 Å². The molecule has 1 saturated heterocycles. The number of phenolic OH excluding ortho intramolecular Hbond substituents is 1. The van der Waals surface area contributed by atoms with Crippen molar-refractivity contribution < 1.29 is 117 Å². The van der Waals surface area contributed by atoms with Crippen LogP contribution in [0.4, 0.5) is 14.4 Å². The minimum atomic E-state index is -1.99. The third-order valence-electron chi connectivity index (χ3n) is 19.7. The van der Waals surface area contributed by atoms with Crippen molar-refractivity contribution in [1.82, 2.24) is 73.5 Å². The number of nitrogens with one attached hydrogen (secondary N) is 11. The number of likely N-dealkylation sites (N-methyl/N-ethyl adjacent to an activating group) is 1. The van der Waals surface area contributed by atoms with Gasteiger partial charge < -0.3 is 92.9 Å². The maximum Gasteiger partial charge on any atom is 0.426 e. The molecule has 12 amide bonds. The van der Waals surface area contributed by atoms with Crippen molar-refractivity contribution in [2.24, 2.45) is 17.8 Å². The summed E-state index contributed by atoms with van der Waals surface area (Å²) in [5.74, 6) is -14.2. The molecule has 41 heteroatoms. The molecule has 3 aromatic rings. The van der Waals surface area contributed by atoms with Crippen molar-refractivity contribution in [2.75, 3.05) is 39.2 Å². The molecule has 1 fully saturated rings. The molecule has 120 heavy (non-hydrogen) atoms. The van der Waals surface area contributed by atoms with Gasteiger partial charge in [-0.1, -0.05) is 112 Å². The van der Waals surface area contributed by atoms with E-state index in [-0.39, 0.29) is 118 Å². The lowest BCUT2D eigenvalue weighted by Gasteiger charge is -2.39. The summed E-state index contributed by atoms with van der Waals surface area (Å²) in [5.41, 5.74) is 6.26. The summed E-state index contributed by atoms with van der Waals surface area (Å²) < 4.78 is 9.50. The van der Waals surface area contributed by atoms with E-state index in [4.69, 9.17) is 14.6 Å². The number of amides is 12. The van der Waals surface area contributed by atoms with Gasteiger partial charge in [0.25, 0.3) is 5.91 Å². The largest absolute Gasteiger partial charge is 0.508 e. The number of urea groups is 2. The summed E-state index contributed by atoms with van der Waals surface area (Å²) in [6, 6.07) is 1.57. The summed E-state index contributed by atoms with van der Waals surface area (Å²) in [4.78, 5) is 214. The van der Waals surface area contributed by atoms with E-state index in [1.807, 2.05) is 46.6 Å². The molecule has 666 valence electrons. The Bertz CT molecular complexity index is 3930. The number of aliphatic carboxylic acids is 5. The highest BCUT2D eigenvalue weighted by Crippen LogP contribution is 2.38. The molecule has 2 aromatic carbocycles. The van der Waals surface area contributed by atoms with Gasteiger partial charge in [-0.2, -0.15) is 0 Å². The van der Waals surface area contributed by atoms with E-state index >= 15 is 0 Å². The number of nitrogens with zero attached hydrogens (tertiary/aromatic N) is 3. The van der Waals surface area contributed by atoms with Crippen LogP contribution in [0.15, 0.2) is 53.9 Å². The highest BCUT2D eigenvalue weighted by atomic mass is 33.1. The summed E-state index contributed by atoms with van der Waals surface area (Å²) in [6.07, 6.45) is 2.45. The number of hydrogen-bond acceptors (Lipinski definition) is 24. The number of hydrogen-bond donors (Lipinski definition) is 17. The Kier molecular flexibility index (Phi) is 44.5. The average Bonchev–Trinajstić information content (AvgIpc) is 1.10. The summed E-state index contributed by atoms with van der Waals surface area (Å²) in [7, 11) is 3.82. The number of carboxylic acids is 5. The summed E-state index contributed by atoms with van der Waals surface area (Å²) in [5, 5.41) is 83.1. The molecule has 0 spiro atoms. The van der Waals surface area contributed by atoms with Crippen LogP contribution in [0.2, 0.25) is 0 Å². The minimum Gasteiger partial charge on any atom is -0.508 e. The van der Waals surface area contributed by atoms with Crippen LogP contribution in [-0.4, -0.2) is 239 Å². The van der Waals surface area contributed by atoms with Crippen LogP contribution in [0.25, 0.3) is 0 Å². The number of unbranched alkanes of at least 4 members (excludes halogenated alkanes) is 1. The molecular weight excluding hydrogens is 1630 g/mol. The van der Waals surface area contributed by atoms with Crippen molar-refractivity contribution in [2.45, 2.75) is 250 Å². The van der Waals surface area contributed by atoms with Gasteiger partial charge in [0.2, 0.25) is 35.4 Å². The second kappa shape index (κ2) is 52.5. The molecule has 4 rings (SSSR count). The van der Waals surface area contributed by atoms with Crippen LogP contribution >= 0.6 is 32.9 Å². The Labute approximate surface area is 709 Å². The Hall–Kier alpha value is -10.6. The number of carbonyl (C=O) groups is 16. The number of likely N-dealkylation sites (tertiary alicyclic amines) is 1. The van der Waals surface area contributed by atoms with Gasteiger partial charge in [-0.25, -0.2) is 34.4 Å². The predicted molar refractivity (Wildman–Crippen MR) is 443 cm³/mol. The monoisotopic (exact) mass is 1740 g/mol. The molecule has 2 heterocycles. The van der Waals surface area contributed by atoms with Crippen molar-refractivity contribution in [3.05, 3.63) is 81.3 Å². The molecule has 1 aliphatic heterocycles. The van der Waals surface area contributed by atoms with Crippen molar-refractivity contribution >= 4 is 128 Å². The Balaban J connectivity index is 1.27. The fourth-order valence-electron chi connectivity index (χ4n) is 12.7. The SMILES string of the molecule is CCCC(=O)OCN(C(=O)[C@@H](NC(=O)[C@H]1CCCCN1C)C(C)CC)[C@H](CCc1nc(C(=O)N[C@@H](Cc2ccc(O)cc2)C[C@H](C)C(=O)NNC(=O)OCCSSC(C)(C)[C@@H](NC(=O)[C@@H](CC(=O)O)NC(=O)[C@@H](CC(=O)O)NC(=O)Cc2ccc(CNC(=O)NCCCC[C@@H](C)NC(=O)N[C@@H](CCCC(=O)O)C(=O)O)cc2)C(=O)O)cs1)C(C)C. The van der Waals surface area contributed by atoms with E-state index in [1.165, 1.54) is 54.3 Å². The first-order valence-corrected chi connectivity index (χ1v) is 43.1. The number of ether oxygens (including phenoxy) is 2. The first-order chi connectivity index (χ1) is 56.7. The lowest BCUT2D eigenvalue weighted by atomic mass is 9.93.